The van der Waals surface area contributed by atoms with Gasteiger partial charge in [0.2, 0.25) is 0 Å². The lowest BCUT2D eigenvalue weighted by molar-refractivity contribution is 0.199. The number of hydrogen-bond acceptors (Lipinski definition) is 2. The fraction of sp³-hybridized carbons (Fsp3) is 0.200. The van der Waals surface area contributed by atoms with Crippen molar-refractivity contribution < 1.29 is 5.11 Å². The maximum atomic E-state index is 9.48. The van der Waals surface area contributed by atoms with Crippen LogP contribution < -0.4 is 0 Å². The Hall–Kier alpha value is -0.960. The van der Waals surface area contributed by atoms with Gasteiger partial charge in [-0.3, -0.25) is 0 Å². The van der Waals surface area contributed by atoms with Crippen LogP contribution in [0.15, 0.2) is 53.4 Å². The van der Waals surface area contributed by atoms with E-state index in [1.807, 2.05) is 36.4 Å². The minimum atomic E-state index is -0.476. The molecule has 2 aromatic carbocycles. The molecule has 3 heteroatoms. The van der Waals surface area contributed by atoms with E-state index in [0.29, 0.717) is 5.02 Å². The highest BCUT2D eigenvalue weighted by Gasteiger charge is 2.06. The summed E-state index contributed by atoms with van der Waals surface area (Å²) in [5.41, 5.74) is 2.13. The lowest BCUT2D eigenvalue weighted by atomic mass is 10.1. The smallest absolute Gasteiger partial charge is 0.0762 e. The highest BCUT2D eigenvalue weighted by Crippen LogP contribution is 2.31. The number of aliphatic hydroxyl groups is 1. The Balaban J connectivity index is 2.06. The molecule has 0 radical (unpaired) electrons. The van der Waals surface area contributed by atoms with Gasteiger partial charge >= 0.3 is 0 Å². The Kier molecular flexibility index (Phi) is 4.70. The zero-order valence-electron chi connectivity index (χ0n) is 10.1. The van der Waals surface area contributed by atoms with Crippen LogP contribution >= 0.6 is 23.4 Å². The Morgan fingerprint density at radius 3 is 2.50 bits per heavy atom. The quantitative estimate of drug-likeness (QED) is 0.819. The third-order valence-corrected chi connectivity index (χ3v) is 4.24. The van der Waals surface area contributed by atoms with E-state index >= 15 is 0 Å². The van der Waals surface area contributed by atoms with Crippen molar-refractivity contribution in [3.8, 4) is 0 Å². The molecule has 0 unspecified atom stereocenters. The van der Waals surface area contributed by atoms with Crippen molar-refractivity contribution in [2.24, 2.45) is 0 Å². The van der Waals surface area contributed by atoms with Crippen LogP contribution in [0.1, 0.15) is 24.2 Å². The van der Waals surface area contributed by atoms with Crippen LogP contribution in [0.3, 0.4) is 0 Å². The Morgan fingerprint density at radius 1 is 1.17 bits per heavy atom. The lowest BCUT2D eigenvalue weighted by Gasteiger charge is -2.09. The van der Waals surface area contributed by atoms with Gasteiger partial charge in [0.15, 0.2) is 0 Å². The molecule has 2 rings (SSSR count). The van der Waals surface area contributed by atoms with Gasteiger partial charge in [-0.05, 0) is 30.2 Å². The zero-order valence-corrected chi connectivity index (χ0v) is 11.7. The zero-order chi connectivity index (χ0) is 13.0. The minimum Gasteiger partial charge on any atom is -0.389 e. The van der Waals surface area contributed by atoms with E-state index in [4.69, 9.17) is 11.6 Å². The van der Waals surface area contributed by atoms with Crippen LogP contribution in [0.4, 0.5) is 0 Å². The first kappa shape index (κ1) is 13.5. The molecule has 0 aliphatic heterocycles. The van der Waals surface area contributed by atoms with Gasteiger partial charge in [0.25, 0.3) is 0 Å². The van der Waals surface area contributed by atoms with Crippen LogP contribution in [-0.4, -0.2) is 5.11 Å². The highest BCUT2D eigenvalue weighted by molar-refractivity contribution is 7.98. The predicted octanol–water partition coefficient (Wildman–Crippen LogP) is 4.69. The molecule has 0 saturated carbocycles. The molecule has 0 aromatic heterocycles. The number of benzene rings is 2. The van der Waals surface area contributed by atoms with Gasteiger partial charge in [-0.15, -0.1) is 11.8 Å². The first-order valence-electron chi connectivity index (χ1n) is 5.81. The molecular formula is C15H15ClOS. The molecular weight excluding hydrogens is 264 g/mol. The van der Waals surface area contributed by atoms with E-state index < -0.39 is 6.10 Å². The normalized spacial score (nSPS) is 12.4. The molecule has 1 atom stereocenters. The summed E-state index contributed by atoms with van der Waals surface area (Å²) in [5, 5.41) is 10.2. The van der Waals surface area contributed by atoms with Crippen molar-refractivity contribution in [2.45, 2.75) is 23.7 Å². The van der Waals surface area contributed by atoms with Crippen molar-refractivity contribution >= 4 is 23.4 Å². The third kappa shape index (κ3) is 3.52. The number of aliphatic hydroxyl groups excluding tert-OH is 1. The van der Waals surface area contributed by atoms with Gasteiger partial charge in [-0.25, -0.2) is 0 Å². The van der Waals surface area contributed by atoms with Gasteiger partial charge in [-0.2, -0.15) is 0 Å². The Morgan fingerprint density at radius 2 is 1.89 bits per heavy atom. The van der Waals surface area contributed by atoms with Crippen LogP contribution in [0.2, 0.25) is 5.02 Å². The van der Waals surface area contributed by atoms with E-state index in [0.717, 1.165) is 16.2 Å². The van der Waals surface area contributed by atoms with E-state index in [9.17, 15) is 5.11 Å². The highest BCUT2D eigenvalue weighted by atomic mass is 35.5. The molecule has 0 aliphatic rings. The van der Waals surface area contributed by atoms with Crippen molar-refractivity contribution in [3.05, 3.63) is 64.7 Å². The summed E-state index contributed by atoms with van der Waals surface area (Å²) in [6, 6.07) is 16.0. The molecule has 94 valence electrons. The molecule has 0 amide bonds. The summed E-state index contributed by atoms with van der Waals surface area (Å²) in [6.45, 7) is 1.74. The number of hydrogen-bond donors (Lipinski definition) is 1. The van der Waals surface area contributed by atoms with Gasteiger partial charge < -0.3 is 5.11 Å². The van der Waals surface area contributed by atoms with Crippen LogP contribution in [0.25, 0.3) is 0 Å². The number of halogens is 1. The molecule has 0 saturated heterocycles. The second-order valence-corrected chi connectivity index (χ2v) is 5.56. The monoisotopic (exact) mass is 278 g/mol. The van der Waals surface area contributed by atoms with E-state index in [1.54, 1.807) is 18.7 Å². The number of rotatable bonds is 4. The molecule has 0 heterocycles. The van der Waals surface area contributed by atoms with Gasteiger partial charge in [-0.1, -0.05) is 48.0 Å². The molecule has 0 bridgehead atoms. The Bertz CT molecular complexity index is 511. The topological polar surface area (TPSA) is 20.2 Å². The molecule has 0 aliphatic carbocycles. The lowest BCUT2D eigenvalue weighted by Crippen LogP contribution is -1.91. The number of thioether (sulfide) groups is 1. The van der Waals surface area contributed by atoms with Crippen molar-refractivity contribution in [1.82, 2.24) is 0 Å². The van der Waals surface area contributed by atoms with E-state index in [-0.39, 0.29) is 0 Å². The first-order chi connectivity index (χ1) is 8.66. The predicted molar refractivity (Wildman–Crippen MR) is 78.1 cm³/mol. The van der Waals surface area contributed by atoms with Crippen molar-refractivity contribution in [1.29, 1.82) is 0 Å². The molecule has 0 spiro atoms. The maximum Gasteiger partial charge on any atom is 0.0762 e. The fourth-order valence-electron chi connectivity index (χ4n) is 1.63. The second-order valence-electron chi connectivity index (χ2n) is 4.14. The van der Waals surface area contributed by atoms with Crippen molar-refractivity contribution in [3.63, 3.8) is 0 Å². The largest absolute Gasteiger partial charge is 0.389 e. The van der Waals surface area contributed by atoms with Gasteiger partial charge in [0, 0.05) is 10.6 Å². The Labute approximate surface area is 117 Å². The molecule has 1 N–H and O–H groups in total. The van der Waals surface area contributed by atoms with Crippen LogP contribution in [0, 0.1) is 0 Å². The molecule has 0 fully saturated rings. The minimum absolute atomic E-state index is 0.476. The molecule has 18 heavy (non-hydrogen) atoms. The second kappa shape index (κ2) is 6.28. The maximum absolute atomic E-state index is 9.48. The summed E-state index contributed by atoms with van der Waals surface area (Å²) >= 11 is 7.91. The van der Waals surface area contributed by atoms with E-state index in [2.05, 4.69) is 12.1 Å². The molecule has 2 aromatic rings. The van der Waals surface area contributed by atoms with E-state index in [1.165, 1.54) is 5.56 Å². The first-order valence-corrected chi connectivity index (χ1v) is 7.17. The summed E-state index contributed by atoms with van der Waals surface area (Å²) in [6.07, 6.45) is -0.476. The summed E-state index contributed by atoms with van der Waals surface area (Å²) < 4.78 is 0. The average molecular weight is 279 g/mol. The summed E-state index contributed by atoms with van der Waals surface area (Å²) in [5.74, 6) is 0.897. The molecule has 1 nitrogen and oxygen atoms in total. The average Bonchev–Trinajstić information content (AvgIpc) is 2.38. The van der Waals surface area contributed by atoms with Crippen LogP contribution in [0.5, 0.6) is 0 Å². The SMILES string of the molecule is C[C@H](O)c1ccc(SCc2ccccc2)c(Cl)c1. The fourth-order valence-corrected chi connectivity index (χ4v) is 2.86. The van der Waals surface area contributed by atoms with Gasteiger partial charge in [0.05, 0.1) is 11.1 Å². The summed E-state index contributed by atoms with van der Waals surface area (Å²) in [4.78, 5) is 1.05. The summed E-state index contributed by atoms with van der Waals surface area (Å²) in [7, 11) is 0. The van der Waals surface area contributed by atoms with Gasteiger partial charge in [0.1, 0.15) is 0 Å². The van der Waals surface area contributed by atoms with Crippen molar-refractivity contribution in [2.75, 3.05) is 0 Å². The third-order valence-electron chi connectivity index (χ3n) is 2.68. The standard InChI is InChI=1S/C15H15ClOS/c1-11(17)13-7-8-15(14(16)9-13)18-10-12-5-3-2-4-6-12/h2-9,11,17H,10H2,1H3/t11-/m0/s1. The van der Waals surface area contributed by atoms with Crippen LogP contribution in [-0.2, 0) is 5.75 Å².